The van der Waals surface area contributed by atoms with Gasteiger partial charge in [0.2, 0.25) is 0 Å². The van der Waals surface area contributed by atoms with E-state index in [0.717, 1.165) is 32.4 Å². The summed E-state index contributed by atoms with van der Waals surface area (Å²) in [5.74, 6) is 0.539. The summed E-state index contributed by atoms with van der Waals surface area (Å²) in [5.41, 5.74) is 2.58. The molecule has 2 rings (SSSR count). The molecule has 1 aliphatic rings. The Balaban J connectivity index is 1.93. The van der Waals surface area contributed by atoms with E-state index < -0.39 is 10.4 Å². The number of hydrogen-bond donors (Lipinski definition) is 1. The Kier molecular flexibility index (Phi) is 10.6. The van der Waals surface area contributed by atoms with Gasteiger partial charge in [0, 0.05) is 19.7 Å². The molecule has 0 spiro atoms. The summed E-state index contributed by atoms with van der Waals surface area (Å²) in [6, 6.07) is 8.09. The lowest BCUT2D eigenvalue weighted by Gasteiger charge is -2.35. The second-order valence-electron chi connectivity index (χ2n) is 8.04. The van der Waals surface area contributed by atoms with E-state index in [-0.39, 0.29) is 12.6 Å². The van der Waals surface area contributed by atoms with E-state index in [2.05, 4.69) is 30.9 Å². The standard InChI is InChI=1S/C22H37NO5S/c1-3-5-6-10-19(9-4-2)16-27-17-22(18-28-29(24,25)26)23-14-13-20-11-7-8-12-21(20)15-23/h7-8,11-12,19,22H,3-6,9-10,13-18H2,1-2H3,(H,24,25,26). The summed E-state index contributed by atoms with van der Waals surface area (Å²) in [5, 5.41) is 0. The van der Waals surface area contributed by atoms with Gasteiger partial charge in [0.1, 0.15) is 0 Å². The van der Waals surface area contributed by atoms with Gasteiger partial charge in [-0.1, -0.05) is 63.8 Å². The minimum absolute atomic E-state index is 0.102. The van der Waals surface area contributed by atoms with Crippen LogP contribution >= 0.6 is 0 Å². The molecule has 1 aromatic carbocycles. The van der Waals surface area contributed by atoms with Gasteiger partial charge >= 0.3 is 10.4 Å². The molecule has 0 fully saturated rings. The first-order valence-electron chi connectivity index (χ1n) is 10.9. The Labute approximate surface area is 176 Å². The molecule has 2 unspecified atom stereocenters. The van der Waals surface area contributed by atoms with Gasteiger partial charge in [-0.3, -0.25) is 9.45 Å². The van der Waals surface area contributed by atoms with Crippen LogP contribution in [0.25, 0.3) is 0 Å². The molecule has 166 valence electrons. The topological polar surface area (TPSA) is 76.1 Å². The predicted molar refractivity (Wildman–Crippen MR) is 115 cm³/mol. The third-order valence-corrected chi connectivity index (χ3v) is 6.10. The normalized spacial score (nSPS) is 17.1. The number of nitrogens with zero attached hydrogens (tertiary/aromatic N) is 1. The predicted octanol–water partition coefficient (Wildman–Crippen LogP) is 4.25. The Bertz CT molecular complexity index is 694. The first-order chi connectivity index (χ1) is 13.9. The van der Waals surface area contributed by atoms with Crippen LogP contribution in [-0.4, -0.2) is 50.3 Å². The Hall–Kier alpha value is -0.990. The first-order valence-corrected chi connectivity index (χ1v) is 12.3. The molecule has 0 saturated heterocycles. The van der Waals surface area contributed by atoms with E-state index in [0.29, 0.717) is 19.1 Å². The largest absolute Gasteiger partial charge is 0.397 e. The highest BCUT2D eigenvalue weighted by Crippen LogP contribution is 2.22. The van der Waals surface area contributed by atoms with Crippen LogP contribution in [0.3, 0.4) is 0 Å². The van der Waals surface area contributed by atoms with E-state index in [9.17, 15) is 8.42 Å². The molecule has 7 heteroatoms. The van der Waals surface area contributed by atoms with Crippen LogP contribution in [0.15, 0.2) is 24.3 Å². The fourth-order valence-corrected chi connectivity index (χ4v) is 4.35. The van der Waals surface area contributed by atoms with Gasteiger partial charge in [-0.25, -0.2) is 4.18 Å². The SMILES string of the molecule is CCCCCC(CCC)COCC(COS(=O)(=O)O)N1CCc2ccccc2C1. The number of fused-ring (bicyclic) bond motifs is 1. The van der Waals surface area contributed by atoms with Crippen molar-refractivity contribution in [3.63, 3.8) is 0 Å². The first kappa shape index (κ1) is 24.3. The van der Waals surface area contributed by atoms with Crippen molar-refractivity contribution < 1.29 is 21.9 Å². The molecule has 29 heavy (non-hydrogen) atoms. The molecule has 0 saturated carbocycles. The molecule has 0 radical (unpaired) electrons. The van der Waals surface area contributed by atoms with E-state index in [4.69, 9.17) is 13.5 Å². The maximum atomic E-state index is 11.1. The van der Waals surface area contributed by atoms with Crippen LogP contribution in [0.2, 0.25) is 0 Å². The summed E-state index contributed by atoms with van der Waals surface area (Å²) < 4.78 is 42.0. The van der Waals surface area contributed by atoms with Gasteiger partial charge in [0.05, 0.1) is 19.3 Å². The number of hydrogen-bond acceptors (Lipinski definition) is 5. The quantitative estimate of drug-likeness (QED) is 0.353. The van der Waals surface area contributed by atoms with Crippen LogP contribution < -0.4 is 0 Å². The molecule has 1 aromatic rings. The smallest absolute Gasteiger partial charge is 0.379 e. The molecule has 0 amide bonds. The van der Waals surface area contributed by atoms with Gasteiger partial charge < -0.3 is 4.74 Å². The van der Waals surface area contributed by atoms with Gasteiger partial charge in [0.25, 0.3) is 0 Å². The highest BCUT2D eigenvalue weighted by Gasteiger charge is 2.25. The van der Waals surface area contributed by atoms with Crippen molar-refractivity contribution in [2.75, 3.05) is 26.4 Å². The zero-order chi connectivity index (χ0) is 21.1. The molecular weight excluding hydrogens is 390 g/mol. The lowest BCUT2D eigenvalue weighted by atomic mass is 9.97. The second kappa shape index (κ2) is 12.6. The average Bonchev–Trinajstić information content (AvgIpc) is 2.69. The molecule has 1 N–H and O–H groups in total. The molecule has 0 aromatic heterocycles. The lowest BCUT2D eigenvalue weighted by Crippen LogP contribution is -2.45. The van der Waals surface area contributed by atoms with E-state index >= 15 is 0 Å². The van der Waals surface area contributed by atoms with Crippen molar-refractivity contribution in [1.82, 2.24) is 4.90 Å². The number of unbranched alkanes of at least 4 members (excludes halogenated alkanes) is 2. The molecule has 2 atom stereocenters. The lowest BCUT2D eigenvalue weighted by molar-refractivity contribution is 0.0140. The fourth-order valence-electron chi connectivity index (χ4n) is 4.03. The molecule has 0 bridgehead atoms. The van der Waals surface area contributed by atoms with Crippen molar-refractivity contribution in [2.45, 2.75) is 71.4 Å². The second-order valence-corrected chi connectivity index (χ2v) is 9.13. The summed E-state index contributed by atoms with van der Waals surface area (Å²) in [4.78, 5) is 2.19. The molecule has 1 heterocycles. The Morgan fingerprint density at radius 1 is 1.03 bits per heavy atom. The molecule has 0 aliphatic carbocycles. The maximum Gasteiger partial charge on any atom is 0.397 e. The monoisotopic (exact) mass is 427 g/mol. The summed E-state index contributed by atoms with van der Waals surface area (Å²) in [7, 11) is -4.47. The summed E-state index contributed by atoms with van der Waals surface area (Å²) in [6.45, 7) is 6.93. The van der Waals surface area contributed by atoms with Crippen molar-refractivity contribution in [3.8, 4) is 0 Å². The van der Waals surface area contributed by atoms with Crippen molar-refractivity contribution >= 4 is 10.4 Å². The van der Waals surface area contributed by atoms with Gasteiger partial charge in [-0.15, -0.1) is 0 Å². The van der Waals surface area contributed by atoms with Crippen molar-refractivity contribution in [1.29, 1.82) is 0 Å². The number of ether oxygens (including phenoxy) is 1. The van der Waals surface area contributed by atoms with Crippen LogP contribution in [0.4, 0.5) is 0 Å². The number of benzene rings is 1. The zero-order valence-corrected chi connectivity index (χ0v) is 18.7. The highest BCUT2D eigenvalue weighted by molar-refractivity contribution is 7.80. The third kappa shape index (κ3) is 9.13. The van der Waals surface area contributed by atoms with E-state index in [1.165, 1.54) is 36.8 Å². The fraction of sp³-hybridized carbons (Fsp3) is 0.727. The van der Waals surface area contributed by atoms with Crippen LogP contribution in [-0.2, 0) is 32.3 Å². The van der Waals surface area contributed by atoms with Crippen molar-refractivity contribution in [2.24, 2.45) is 5.92 Å². The van der Waals surface area contributed by atoms with Crippen molar-refractivity contribution in [3.05, 3.63) is 35.4 Å². The third-order valence-electron chi connectivity index (χ3n) is 5.66. The zero-order valence-electron chi connectivity index (χ0n) is 17.9. The van der Waals surface area contributed by atoms with Crippen LogP contribution in [0, 0.1) is 5.92 Å². The molecule has 1 aliphatic heterocycles. The summed E-state index contributed by atoms with van der Waals surface area (Å²) in [6.07, 6.45) is 8.05. The van der Waals surface area contributed by atoms with Gasteiger partial charge in [0.15, 0.2) is 0 Å². The van der Waals surface area contributed by atoms with Crippen LogP contribution in [0.5, 0.6) is 0 Å². The van der Waals surface area contributed by atoms with E-state index in [1.807, 2.05) is 12.1 Å². The van der Waals surface area contributed by atoms with E-state index in [1.54, 1.807) is 0 Å². The average molecular weight is 428 g/mol. The minimum Gasteiger partial charge on any atom is -0.379 e. The number of rotatable bonds is 14. The minimum atomic E-state index is -4.47. The van der Waals surface area contributed by atoms with Gasteiger partial charge in [-0.2, -0.15) is 8.42 Å². The Morgan fingerprint density at radius 3 is 2.48 bits per heavy atom. The summed E-state index contributed by atoms with van der Waals surface area (Å²) >= 11 is 0. The Morgan fingerprint density at radius 2 is 1.79 bits per heavy atom. The molecule has 6 nitrogen and oxygen atoms in total. The highest BCUT2D eigenvalue weighted by atomic mass is 32.3. The van der Waals surface area contributed by atoms with Gasteiger partial charge in [-0.05, 0) is 36.3 Å². The molecular formula is C22H37NO5S. The van der Waals surface area contributed by atoms with Crippen LogP contribution in [0.1, 0.15) is 63.5 Å². The maximum absolute atomic E-state index is 11.1.